The van der Waals surface area contributed by atoms with E-state index >= 15 is 0 Å². The number of carbonyl (C=O) groups is 2. The predicted molar refractivity (Wildman–Crippen MR) is 157 cm³/mol. The van der Waals surface area contributed by atoms with Crippen molar-refractivity contribution in [3.63, 3.8) is 0 Å². The van der Waals surface area contributed by atoms with Crippen molar-refractivity contribution in [3.8, 4) is 11.5 Å². The average Bonchev–Trinajstić information content (AvgIpc) is 2.97. The summed E-state index contributed by atoms with van der Waals surface area (Å²) in [6.45, 7) is 4.86. The lowest BCUT2D eigenvalue weighted by Crippen LogP contribution is -2.32. The maximum atomic E-state index is 12.8. The lowest BCUT2D eigenvalue weighted by Gasteiger charge is -2.18. The van der Waals surface area contributed by atoms with Crippen molar-refractivity contribution in [2.24, 2.45) is 5.10 Å². The van der Waals surface area contributed by atoms with Gasteiger partial charge in [0.2, 0.25) is 5.91 Å². The summed E-state index contributed by atoms with van der Waals surface area (Å²) in [4.78, 5) is 25.6. The third-order valence-corrected chi connectivity index (χ3v) is 6.08. The minimum absolute atomic E-state index is 0.0237. The normalized spacial score (nSPS) is 11.6. The fourth-order valence-corrected chi connectivity index (χ4v) is 4.13. The third kappa shape index (κ3) is 8.30. The second kappa shape index (κ2) is 14.3. The van der Waals surface area contributed by atoms with Crippen molar-refractivity contribution < 1.29 is 19.1 Å². The Bertz CT molecular complexity index is 1440. The molecule has 7 nitrogen and oxygen atoms in total. The maximum absolute atomic E-state index is 12.8. The van der Waals surface area contributed by atoms with Gasteiger partial charge in [0, 0.05) is 5.56 Å². The van der Waals surface area contributed by atoms with Crippen LogP contribution in [0.2, 0.25) is 0 Å². The molecule has 0 spiro atoms. The molecule has 4 aromatic rings. The van der Waals surface area contributed by atoms with E-state index in [1.807, 2.05) is 86.6 Å². The number of ether oxygens (including phenoxy) is 2. The van der Waals surface area contributed by atoms with Gasteiger partial charge in [-0.3, -0.25) is 9.59 Å². The van der Waals surface area contributed by atoms with Crippen LogP contribution in [0.1, 0.15) is 52.0 Å². The van der Waals surface area contributed by atoms with Crippen LogP contribution in [-0.4, -0.2) is 24.6 Å². The first kappa shape index (κ1) is 28.1. The number of nitrogens with one attached hydrogen (secondary N) is 2. The number of hydrogen-bond donors (Lipinski definition) is 2. The molecule has 0 aromatic heterocycles. The molecule has 4 aromatic carbocycles. The molecule has 0 bridgehead atoms. The zero-order chi connectivity index (χ0) is 28.2. The molecular formula is C33H33N3O4. The van der Waals surface area contributed by atoms with E-state index in [4.69, 9.17) is 9.47 Å². The minimum atomic E-state index is -0.515. The summed E-state index contributed by atoms with van der Waals surface area (Å²) in [5.41, 5.74) is 6.91. The maximum Gasteiger partial charge on any atom is 0.251 e. The Kier molecular flexibility index (Phi) is 10.0. The molecule has 0 saturated heterocycles. The number of amides is 2. The highest BCUT2D eigenvalue weighted by atomic mass is 16.5. The van der Waals surface area contributed by atoms with Crippen LogP contribution >= 0.6 is 0 Å². The molecule has 0 fully saturated rings. The van der Waals surface area contributed by atoms with Crippen LogP contribution in [-0.2, 0) is 11.4 Å². The van der Waals surface area contributed by atoms with E-state index in [2.05, 4.69) is 21.9 Å². The first-order valence-corrected chi connectivity index (χ1v) is 13.2. The Balaban J connectivity index is 1.38. The third-order valence-electron chi connectivity index (χ3n) is 6.08. The Morgan fingerprint density at radius 1 is 0.850 bits per heavy atom. The average molecular weight is 536 g/mol. The van der Waals surface area contributed by atoms with Gasteiger partial charge in [-0.2, -0.15) is 5.10 Å². The van der Waals surface area contributed by atoms with E-state index in [9.17, 15) is 9.59 Å². The Labute approximate surface area is 234 Å². The number of aryl methyl sites for hydroxylation is 1. The molecule has 0 unspecified atom stereocenters. The number of hydrogen-bond acceptors (Lipinski definition) is 5. The molecule has 7 heteroatoms. The molecule has 0 aliphatic rings. The van der Waals surface area contributed by atoms with Gasteiger partial charge in [0.15, 0.2) is 11.5 Å². The van der Waals surface area contributed by atoms with Crippen molar-refractivity contribution in [2.75, 3.05) is 6.61 Å². The number of rotatable bonds is 12. The Hall–Kier alpha value is -4.91. The van der Waals surface area contributed by atoms with Crippen molar-refractivity contribution in [1.29, 1.82) is 0 Å². The molecule has 2 amide bonds. The molecule has 2 N–H and O–H groups in total. The fourth-order valence-electron chi connectivity index (χ4n) is 4.13. The molecule has 0 heterocycles. The molecular weight excluding hydrogens is 502 g/mol. The number of nitrogens with zero attached hydrogens (tertiary/aromatic N) is 1. The van der Waals surface area contributed by atoms with Crippen molar-refractivity contribution >= 4 is 18.0 Å². The Morgan fingerprint density at radius 2 is 1.60 bits per heavy atom. The molecule has 4 rings (SSSR count). The lowest BCUT2D eigenvalue weighted by atomic mass is 10.0. The Morgan fingerprint density at radius 3 is 2.33 bits per heavy atom. The second-order valence-electron chi connectivity index (χ2n) is 9.22. The molecule has 0 saturated carbocycles. The van der Waals surface area contributed by atoms with Crippen LogP contribution in [0.5, 0.6) is 11.5 Å². The molecule has 0 radical (unpaired) electrons. The van der Waals surface area contributed by atoms with Gasteiger partial charge < -0.3 is 14.8 Å². The largest absolute Gasteiger partial charge is 0.490 e. The van der Waals surface area contributed by atoms with Crippen LogP contribution in [0.3, 0.4) is 0 Å². The highest BCUT2D eigenvalue weighted by Crippen LogP contribution is 2.29. The number of carbonyl (C=O) groups excluding carboxylic acids is 2. The van der Waals surface area contributed by atoms with Crippen molar-refractivity contribution in [2.45, 2.75) is 32.9 Å². The summed E-state index contributed by atoms with van der Waals surface area (Å²) < 4.78 is 11.8. The molecule has 1 atom stereocenters. The standard InChI is InChI=1S/C33H33N3O4/c1-3-39-31-20-25(17-18-30(31)40-23-26-12-10-11-24(2)19-26)22-34-36-32(37)21-29(27-13-6-4-7-14-27)35-33(38)28-15-8-5-9-16-28/h4-20,22,29H,3,21,23H2,1-2H3,(H,35,38)(H,36,37)/b34-22-/t29-/m0/s1. The topological polar surface area (TPSA) is 89.0 Å². The van der Waals surface area contributed by atoms with E-state index in [1.165, 1.54) is 5.56 Å². The minimum Gasteiger partial charge on any atom is -0.490 e. The molecule has 0 aliphatic carbocycles. The second-order valence-corrected chi connectivity index (χ2v) is 9.22. The van der Waals surface area contributed by atoms with Gasteiger partial charge in [0.1, 0.15) is 6.61 Å². The van der Waals surface area contributed by atoms with Crippen molar-refractivity contribution in [3.05, 3.63) is 131 Å². The molecule has 0 aliphatic heterocycles. The summed E-state index contributed by atoms with van der Waals surface area (Å²) in [7, 11) is 0. The number of hydrazone groups is 1. The van der Waals surface area contributed by atoms with Crippen LogP contribution in [0, 0.1) is 6.92 Å². The van der Waals surface area contributed by atoms with Gasteiger partial charge in [-0.1, -0.05) is 78.4 Å². The summed E-state index contributed by atoms with van der Waals surface area (Å²) in [5.74, 6) is 0.642. The quantitative estimate of drug-likeness (QED) is 0.172. The zero-order valence-corrected chi connectivity index (χ0v) is 22.7. The van der Waals surface area contributed by atoms with Gasteiger partial charge >= 0.3 is 0 Å². The lowest BCUT2D eigenvalue weighted by molar-refractivity contribution is -0.121. The van der Waals surface area contributed by atoms with Gasteiger partial charge in [0.05, 0.1) is 25.3 Å². The SMILES string of the molecule is CCOc1cc(/C=N\NC(=O)C[C@H](NC(=O)c2ccccc2)c2ccccc2)ccc1OCc1cccc(C)c1. The smallest absolute Gasteiger partial charge is 0.251 e. The summed E-state index contributed by atoms with van der Waals surface area (Å²) in [6, 6.07) is 31.4. The van der Waals surface area contributed by atoms with Crippen LogP contribution in [0.25, 0.3) is 0 Å². The highest BCUT2D eigenvalue weighted by Gasteiger charge is 2.19. The van der Waals surface area contributed by atoms with E-state index in [-0.39, 0.29) is 18.2 Å². The molecule has 204 valence electrons. The fraction of sp³-hybridized carbons (Fsp3) is 0.182. The number of benzene rings is 4. The first-order valence-electron chi connectivity index (χ1n) is 13.2. The van der Waals surface area contributed by atoms with Crippen molar-refractivity contribution in [1.82, 2.24) is 10.7 Å². The van der Waals surface area contributed by atoms with E-state index in [0.717, 1.165) is 16.7 Å². The monoisotopic (exact) mass is 535 g/mol. The van der Waals surface area contributed by atoms with E-state index < -0.39 is 6.04 Å². The highest BCUT2D eigenvalue weighted by molar-refractivity contribution is 5.94. The van der Waals surface area contributed by atoms with Crippen LogP contribution in [0.15, 0.2) is 108 Å². The summed E-state index contributed by atoms with van der Waals surface area (Å²) in [5, 5.41) is 7.09. The van der Waals surface area contributed by atoms with E-state index in [1.54, 1.807) is 30.5 Å². The summed E-state index contributed by atoms with van der Waals surface area (Å²) in [6.07, 6.45) is 1.57. The van der Waals surface area contributed by atoms with Gasteiger partial charge in [-0.05, 0) is 60.9 Å². The van der Waals surface area contributed by atoms with Gasteiger partial charge in [-0.15, -0.1) is 0 Å². The zero-order valence-electron chi connectivity index (χ0n) is 22.7. The van der Waals surface area contributed by atoms with Crippen LogP contribution < -0.4 is 20.2 Å². The first-order chi connectivity index (χ1) is 19.5. The van der Waals surface area contributed by atoms with Gasteiger partial charge in [-0.25, -0.2) is 5.43 Å². The predicted octanol–water partition coefficient (Wildman–Crippen LogP) is 5.98. The van der Waals surface area contributed by atoms with E-state index in [0.29, 0.717) is 30.3 Å². The summed E-state index contributed by atoms with van der Waals surface area (Å²) >= 11 is 0. The van der Waals surface area contributed by atoms with Crippen LogP contribution in [0.4, 0.5) is 0 Å². The molecule has 40 heavy (non-hydrogen) atoms. The van der Waals surface area contributed by atoms with Gasteiger partial charge in [0.25, 0.3) is 5.91 Å².